The molecule has 0 spiro atoms. The summed E-state index contributed by atoms with van der Waals surface area (Å²) in [6, 6.07) is 12.1. The molecule has 1 aliphatic rings. The molecule has 6 heteroatoms. The van der Waals surface area contributed by atoms with E-state index < -0.39 is 12.1 Å². The van der Waals surface area contributed by atoms with Gasteiger partial charge in [-0.15, -0.1) is 0 Å². The van der Waals surface area contributed by atoms with Gasteiger partial charge in [0.1, 0.15) is 17.2 Å². The summed E-state index contributed by atoms with van der Waals surface area (Å²) in [7, 11) is 1.55. The van der Waals surface area contributed by atoms with Gasteiger partial charge in [0.2, 0.25) is 5.78 Å². The molecule has 2 aromatic rings. The molecular formula is C21H20O6. The molecule has 1 atom stereocenters. The lowest BCUT2D eigenvalue weighted by molar-refractivity contribution is -0.150. The van der Waals surface area contributed by atoms with Crippen molar-refractivity contribution in [3.8, 4) is 17.2 Å². The minimum Gasteiger partial charge on any atom is -0.497 e. The second-order valence-corrected chi connectivity index (χ2v) is 5.85. The van der Waals surface area contributed by atoms with E-state index in [1.807, 2.05) is 6.07 Å². The zero-order valence-electron chi connectivity index (χ0n) is 15.4. The normalized spacial score (nSPS) is 15.1. The summed E-state index contributed by atoms with van der Waals surface area (Å²) in [6.45, 7) is 3.63. The van der Waals surface area contributed by atoms with Crippen molar-refractivity contribution in [2.45, 2.75) is 20.0 Å². The number of carbonyl (C=O) groups is 2. The van der Waals surface area contributed by atoms with E-state index in [2.05, 4.69) is 0 Å². The van der Waals surface area contributed by atoms with E-state index in [0.29, 0.717) is 28.4 Å². The van der Waals surface area contributed by atoms with Gasteiger partial charge in [-0.1, -0.05) is 18.2 Å². The fourth-order valence-electron chi connectivity index (χ4n) is 2.64. The van der Waals surface area contributed by atoms with Gasteiger partial charge >= 0.3 is 5.97 Å². The Hall–Kier alpha value is -3.28. The van der Waals surface area contributed by atoms with Gasteiger partial charge in [0.25, 0.3) is 0 Å². The first kappa shape index (κ1) is 18.5. The highest BCUT2D eigenvalue weighted by atomic mass is 16.6. The number of esters is 1. The monoisotopic (exact) mass is 368 g/mol. The molecule has 0 aromatic heterocycles. The SMILES string of the molecule is CCOC(=O)[C@H](C)Oc1ccccc1/C=C1\Oc2cc(OC)ccc2C1=O. The lowest BCUT2D eigenvalue weighted by atomic mass is 10.1. The largest absolute Gasteiger partial charge is 0.497 e. The summed E-state index contributed by atoms with van der Waals surface area (Å²) in [5, 5.41) is 0. The Morgan fingerprint density at radius 1 is 1.22 bits per heavy atom. The highest BCUT2D eigenvalue weighted by Gasteiger charge is 2.28. The molecule has 0 saturated heterocycles. The van der Waals surface area contributed by atoms with Crippen molar-refractivity contribution < 1.29 is 28.5 Å². The summed E-state index contributed by atoms with van der Waals surface area (Å²) in [4.78, 5) is 24.4. The van der Waals surface area contributed by atoms with E-state index in [4.69, 9.17) is 18.9 Å². The highest BCUT2D eigenvalue weighted by Crippen LogP contribution is 2.35. The van der Waals surface area contributed by atoms with Gasteiger partial charge in [-0.2, -0.15) is 0 Å². The molecule has 2 aromatic carbocycles. The predicted molar refractivity (Wildman–Crippen MR) is 99.1 cm³/mol. The zero-order chi connectivity index (χ0) is 19.4. The molecule has 0 aliphatic carbocycles. The second-order valence-electron chi connectivity index (χ2n) is 5.85. The van der Waals surface area contributed by atoms with E-state index in [1.165, 1.54) is 0 Å². The van der Waals surface area contributed by atoms with Gasteiger partial charge in [-0.05, 0) is 38.1 Å². The molecule has 0 fully saturated rings. The number of para-hydroxylation sites is 1. The number of ether oxygens (including phenoxy) is 4. The first-order valence-corrected chi connectivity index (χ1v) is 8.58. The molecule has 1 aliphatic heterocycles. The summed E-state index contributed by atoms with van der Waals surface area (Å²) < 4.78 is 21.5. The topological polar surface area (TPSA) is 71.1 Å². The number of fused-ring (bicyclic) bond motifs is 1. The minimum absolute atomic E-state index is 0.179. The average molecular weight is 368 g/mol. The Kier molecular flexibility index (Phi) is 5.45. The van der Waals surface area contributed by atoms with E-state index in [0.717, 1.165) is 0 Å². The first-order chi connectivity index (χ1) is 13.0. The Labute approximate surface area is 157 Å². The Balaban J connectivity index is 1.86. The van der Waals surface area contributed by atoms with Crippen molar-refractivity contribution in [3.05, 3.63) is 59.4 Å². The molecule has 0 saturated carbocycles. The van der Waals surface area contributed by atoms with Crippen LogP contribution >= 0.6 is 0 Å². The summed E-state index contributed by atoms with van der Waals surface area (Å²) in [6.07, 6.45) is 0.827. The smallest absolute Gasteiger partial charge is 0.347 e. The second kappa shape index (κ2) is 7.95. The van der Waals surface area contributed by atoms with Gasteiger partial charge in [0.15, 0.2) is 11.9 Å². The van der Waals surface area contributed by atoms with Gasteiger partial charge in [-0.3, -0.25) is 4.79 Å². The molecule has 0 bridgehead atoms. The molecule has 0 N–H and O–H groups in total. The van der Waals surface area contributed by atoms with Crippen LogP contribution in [-0.4, -0.2) is 31.6 Å². The lowest BCUT2D eigenvalue weighted by Gasteiger charge is -2.15. The van der Waals surface area contributed by atoms with Gasteiger partial charge in [-0.25, -0.2) is 4.79 Å². The zero-order valence-corrected chi connectivity index (χ0v) is 15.4. The maximum atomic E-state index is 12.6. The molecule has 6 nitrogen and oxygen atoms in total. The number of hydrogen-bond acceptors (Lipinski definition) is 6. The molecule has 0 amide bonds. The first-order valence-electron chi connectivity index (χ1n) is 8.58. The number of Topliss-reactive ketones (excluding diaryl/α,β-unsaturated/α-hetero) is 1. The molecular weight excluding hydrogens is 348 g/mol. The minimum atomic E-state index is -0.772. The molecule has 3 rings (SSSR count). The molecule has 1 heterocycles. The molecule has 0 radical (unpaired) electrons. The van der Waals surface area contributed by atoms with Gasteiger partial charge in [0.05, 0.1) is 19.3 Å². The van der Waals surface area contributed by atoms with E-state index in [-0.39, 0.29) is 18.1 Å². The van der Waals surface area contributed by atoms with Crippen LogP contribution < -0.4 is 14.2 Å². The van der Waals surface area contributed by atoms with Crippen LogP contribution in [0.5, 0.6) is 17.2 Å². The van der Waals surface area contributed by atoms with E-state index in [9.17, 15) is 9.59 Å². The van der Waals surface area contributed by atoms with Crippen LogP contribution in [0.1, 0.15) is 29.8 Å². The van der Waals surface area contributed by atoms with Gasteiger partial charge in [0, 0.05) is 11.6 Å². The van der Waals surface area contributed by atoms with E-state index >= 15 is 0 Å². The third kappa shape index (κ3) is 3.95. The van der Waals surface area contributed by atoms with Crippen molar-refractivity contribution >= 4 is 17.8 Å². The van der Waals surface area contributed by atoms with Crippen LogP contribution in [0.4, 0.5) is 0 Å². The number of carbonyl (C=O) groups excluding carboxylic acids is 2. The number of rotatable bonds is 6. The molecule has 140 valence electrons. The van der Waals surface area contributed by atoms with Crippen molar-refractivity contribution in [3.63, 3.8) is 0 Å². The molecule has 27 heavy (non-hydrogen) atoms. The highest BCUT2D eigenvalue weighted by molar-refractivity contribution is 6.14. The lowest BCUT2D eigenvalue weighted by Crippen LogP contribution is -2.26. The molecule has 0 unspecified atom stereocenters. The number of benzene rings is 2. The number of ketones is 1. The van der Waals surface area contributed by atoms with Crippen LogP contribution in [0, 0.1) is 0 Å². The summed E-state index contributed by atoms with van der Waals surface area (Å²) in [5.41, 5.74) is 1.09. The van der Waals surface area contributed by atoms with E-state index in [1.54, 1.807) is 63.4 Å². The Morgan fingerprint density at radius 2 is 2.00 bits per heavy atom. The third-order valence-corrected chi connectivity index (χ3v) is 4.00. The summed E-state index contributed by atoms with van der Waals surface area (Å²) >= 11 is 0. The fraction of sp³-hybridized carbons (Fsp3) is 0.238. The van der Waals surface area contributed by atoms with Crippen LogP contribution in [0.15, 0.2) is 48.2 Å². The Bertz CT molecular complexity index is 899. The van der Waals surface area contributed by atoms with Crippen LogP contribution in [0.25, 0.3) is 6.08 Å². The van der Waals surface area contributed by atoms with Crippen molar-refractivity contribution in [2.24, 2.45) is 0 Å². The summed E-state index contributed by atoms with van der Waals surface area (Å²) in [5.74, 6) is 1.01. The van der Waals surface area contributed by atoms with Crippen molar-refractivity contribution in [1.29, 1.82) is 0 Å². The van der Waals surface area contributed by atoms with Crippen LogP contribution in [0.2, 0.25) is 0 Å². The quantitative estimate of drug-likeness (QED) is 0.573. The number of allylic oxidation sites excluding steroid dienone is 1. The van der Waals surface area contributed by atoms with Crippen molar-refractivity contribution in [2.75, 3.05) is 13.7 Å². The fourth-order valence-corrected chi connectivity index (χ4v) is 2.64. The maximum Gasteiger partial charge on any atom is 0.347 e. The van der Waals surface area contributed by atoms with Gasteiger partial charge < -0.3 is 18.9 Å². The maximum absolute atomic E-state index is 12.6. The number of methoxy groups -OCH3 is 1. The number of hydrogen-bond donors (Lipinski definition) is 0. The van der Waals surface area contributed by atoms with Crippen LogP contribution in [-0.2, 0) is 9.53 Å². The Morgan fingerprint density at radius 3 is 2.74 bits per heavy atom. The van der Waals surface area contributed by atoms with Crippen molar-refractivity contribution in [1.82, 2.24) is 0 Å². The average Bonchev–Trinajstić information content (AvgIpc) is 2.98. The third-order valence-electron chi connectivity index (χ3n) is 4.00. The van der Waals surface area contributed by atoms with Crippen LogP contribution in [0.3, 0.4) is 0 Å². The predicted octanol–water partition coefficient (Wildman–Crippen LogP) is 3.64. The standard InChI is InChI=1S/C21H20O6/c1-4-25-21(23)13(2)26-17-8-6-5-7-14(17)11-19-20(22)16-10-9-15(24-3)12-18(16)27-19/h5-13H,4H2,1-3H3/b19-11-/t13-/m0/s1.